The minimum atomic E-state index is -0.258. The second kappa shape index (κ2) is 3.82. The lowest BCUT2D eigenvalue weighted by Crippen LogP contribution is -2.20. The SMILES string of the molecule is COc1c(Cl)cc(C2(N)CC2)c(OC)c1C. The Bertz CT molecular complexity index is 428. The molecule has 0 aliphatic heterocycles. The molecule has 2 rings (SSSR count). The van der Waals surface area contributed by atoms with Crippen molar-refractivity contribution in [2.75, 3.05) is 14.2 Å². The zero-order chi connectivity index (χ0) is 11.9. The molecule has 4 heteroatoms. The Balaban J connectivity index is 2.62. The zero-order valence-electron chi connectivity index (χ0n) is 9.76. The molecule has 0 unspecified atom stereocenters. The van der Waals surface area contributed by atoms with Gasteiger partial charge in [0.25, 0.3) is 0 Å². The third-order valence-electron chi connectivity index (χ3n) is 3.15. The molecule has 1 aliphatic carbocycles. The summed E-state index contributed by atoms with van der Waals surface area (Å²) >= 11 is 6.16. The van der Waals surface area contributed by atoms with Crippen molar-refractivity contribution in [3.05, 3.63) is 22.2 Å². The Morgan fingerprint density at radius 3 is 2.25 bits per heavy atom. The molecule has 0 aromatic heterocycles. The molecule has 2 N–H and O–H groups in total. The summed E-state index contributed by atoms with van der Waals surface area (Å²) in [6.45, 7) is 1.93. The second-order valence-electron chi connectivity index (χ2n) is 4.25. The first-order valence-electron chi connectivity index (χ1n) is 5.24. The van der Waals surface area contributed by atoms with E-state index in [0.29, 0.717) is 10.8 Å². The molecule has 1 fully saturated rings. The lowest BCUT2D eigenvalue weighted by Gasteiger charge is -2.19. The molecule has 0 saturated heterocycles. The van der Waals surface area contributed by atoms with Crippen LogP contribution in [0, 0.1) is 6.92 Å². The lowest BCUT2D eigenvalue weighted by molar-refractivity contribution is 0.382. The van der Waals surface area contributed by atoms with Crippen molar-refractivity contribution in [1.29, 1.82) is 0 Å². The van der Waals surface area contributed by atoms with Crippen molar-refractivity contribution < 1.29 is 9.47 Å². The van der Waals surface area contributed by atoms with Crippen molar-refractivity contribution in [3.63, 3.8) is 0 Å². The van der Waals surface area contributed by atoms with Gasteiger partial charge in [-0.15, -0.1) is 0 Å². The number of benzene rings is 1. The number of hydrogen-bond acceptors (Lipinski definition) is 3. The molecule has 1 saturated carbocycles. The van der Waals surface area contributed by atoms with Crippen LogP contribution in [0.15, 0.2) is 6.07 Å². The van der Waals surface area contributed by atoms with Gasteiger partial charge in [0, 0.05) is 16.7 Å². The molecule has 0 radical (unpaired) electrons. The minimum Gasteiger partial charge on any atom is -0.496 e. The average Bonchev–Trinajstić information content (AvgIpc) is 2.98. The van der Waals surface area contributed by atoms with Gasteiger partial charge in [-0.3, -0.25) is 0 Å². The molecule has 3 nitrogen and oxygen atoms in total. The van der Waals surface area contributed by atoms with Gasteiger partial charge in [0.05, 0.1) is 19.2 Å². The fourth-order valence-corrected chi connectivity index (χ4v) is 2.36. The first-order chi connectivity index (χ1) is 7.53. The van der Waals surface area contributed by atoms with Gasteiger partial charge in [-0.25, -0.2) is 0 Å². The molecule has 0 atom stereocenters. The van der Waals surface area contributed by atoms with Crippen LogP contribution in [0.3, 0.4) is 0 Å². The van der Waals surface area contributed by atoms with Crippen LogP contribution >= 0.6 is 11.6 Å². The predicted molar refractivity (Wildman–Crippen MR) is 64.4 cm³/mol. The highest BCUT2D eigenvalue weighted by atomic mass is 35.5. The number of methoxy groups -OCH3 is 2. The molecule has 0 bridgehead atoms. The van der Waals surface area contributed by atoms with Gasteiger partial charge in [-0.05, 0) is 25.8 Å². The van der Waals surface area contributed by atoms with E-state index in [4.69, 9.17) is 26.8 Å². The van der Waals surface area contributed by atoms with Gasteiger partial charge >= 0.3 is 0 Å². The first-order valence-corrected chi connectivity index (χ1v) is 5.61. The predicted octanol–water partition coefficient (Wildman–Crippen LogP) is 2.61. The fourth-order valence-electron chi connectivity index (χ4n) is 2.03. The summed E-state index contributed by atoms with van der Waals surface area (Å²) < 4.78 is 10.7. The summed E-state index contributed by atoms with van der Waals surface area (Å²) in [5, 5.41) is 0.590. The summed E-state index contributed by atoms with van der Waals surface area (Å²) in [6.07, 6.45) is 1.96. The number of halogens is 1. The normalized spacial score (nSPS) is 17.1. The molecular formula is C12H16ClNO2. The van der Waals surface area contributed by atoms with E-state index in [0.717, 1.165) is 29.7 Å². The Morgan fingerprint density at radius 2 is 1.81 bits per heavy atom. The summed E-state index contributed by atoms with van der Waals surface area (Å²) in [5.41, 5.74) is 7.83. The molecule has 1 aliphatic rings. The molecule has 88 valence electrons. The van der Waals surface area contributed by atoms with E-state index in [-0.39, 0.29) is 5.54 Å². The van der Waals surface area contributed by atoms with Gasteiger partial charge in [-0.1, -0.05) is 11.6 Å². The Morgan fingerprint density at radius 1 is 1.25 bits per heavy atom. The van der Waals surface area contributed by atoms with Gasteiger partial charge in [0.15, 0.2) is 0 Å². The fraction of sp³-hybridized carbons (Fsp3) is 0.500. The smallest absolute Gasteiger partial charge is 0.144 e. The zero-order valence-corrected chi connectivity index (χ0v) is 10.5. The van der Waals surface area contributed by atoms with Crippen LogP contribution in [0.25, 0.3) is 0 Å². The molecule has 0 amide bonds. The van der Waals surface area contributed by atoms with Gasteiger partial charge in [0.1, 0.15) is 11.5 Å². The van der Waals surface area contributed by atoms with E-state index in [1.54, 1.807) is 14.2 Å². The highest BCUT2D eigenvalue weighted by Crippen LogP contribution is 2.50. The number of nitrogens with two attached hydrogens (primary N) is 1. The topological polar surface area (TPSA) is 44.5 Å². The molecule has 16 heavy (non-hydrogen) atoms. The summed E-state index contributed by atoms with van der Waals surface area (Å²) in [4.78, 5) is 0. The van der Waals surface area contributed by atoms with Crippen LogP contribution in [0.1, 0.15) is 24.0 Å². The number of hydrogen-bond donors (Lipinski definition) is 1. The minimum absolute atomic E-state index is 0.258. The third-order valence-corrected chi connectivity index (χ3v) is 3.43. The Labute approximate surface area is 100 Å². The summed E-state index contributed by atoms with van der Waals surface area (Å²) in [7, 11) is 3.24. The molecule has 1 aromatic carbocycles. The highest BCUT2D eigenvalue weighted by Gasteiger charge is 2.43. The first kappa shape index (κ1) is 11.6. The lowest BCUT2D eigenvalue weighted by atomic mass is 10.0. The van der Waals surface area contributed by atoms with E-state index < -0.39 is 0 Å². The van der Waals surface area contributed by atoms with E-state index in [9.17, 15) is 0 Å². The van der Waals surface area contributed by atoms with Crippen LogP contribution < -0.4 is 15.2 Å². The summed E-state index contributed by atoms with van der Waals surface area (Å²) in [6, 6.07) is 1.86. The van der Waals surface area contributed by atoms with Crippen molar-refractivity contribution in [1.82, 2.24) is 0 Å². The van der Waals surface area contributed by atoms with Gasteiger partial charge < -0.3 is 15.2 Å². The number of rotatable bonds is 3. The molecule has 0 spiro atoms. The molecule has 0 heterocycles. The highest BCUT2D eigenvalue weighted by molar-refractivity contribution is 6.32. The van der Waals surface area contributed by atoms with E-state index in [1.165, 1.54) is 0 Å². The van der Waals surface area contributed by atoms with E-state index in [1.807, 2.05) is 13.0 Å². The Hall–Kier alpha value is -0.930. The molecule has 1 aromatic rings. The van der Waals surface area contributed by atoms with Crippen LogP contribution in [0.2, 0.25) is 5.02 Å². The largest absolute Gasteiger partial charge is 0.496 e. The second-order valence-corrected chi connectivity index (χ2v) is 4.66. The summed E-state index contributed by atoms with van der Waals surface area (Å²) in [5.74, 6) is 1.45. The maximum absolute atomic E-state index is 6.19. The van der Waals surface area contributed by atoms with Crippen LogP contribution in [0.4, 0.5) is 0 Å². The van der Waals surface area contributed by atoms with Gasteiger partial charge in [0.2, 0.25) is 0 Å². The van der Waals surface area contributed by atoms with E-state index >= 15 is 0 Å². The maximum atomic E-state index is 6.19. The van der Waals surface area contributed by atoms with Crippen molar-refractivity contribution in [2.45, 2.75) is 25.3 Å². The molecular weight excluding hydrogens is 226 g/mol. The van der Waals surface area contributed by atoms with Crippen LogP contribution in [-0.4, -0.2) is 14.2 Å². The van der Waals surface area contributed by atoms with Crippen LogP contribution in [0.5, 0.6) is 11.5 Å². The third kappa shape index (κ3) is 1.64. The monoisotopic (exact) mass is 241 g/mol. The average molecular weight is 242 g/mol. The quantitative estimate of drug-likeness (QED) is 0.885. The van der Waals surface area contributed by atoms with Crippen molar-refractivity contribution in [2.24, 2.45) is 5.73 Å². The maximum Gasteiger partial charge on any atom is 0.144 e. The van der Waals surface area contributed by atoms with E-state index in [2.05, 4.69) is 0 Å². The van der Waals surface area contributed by atoms with Crippen LogP contribution in [-0.2, 0) is 5.54 Å². The Kier molecular flexibility index (Phi) is 2.76. The van der Waals surface area contributed by atoms with Crippen molar-refractivity contribution >= 4 is 11.6 Å². The van der Waals surface area contributed by atoms with Gasteiger partial charge in [-0.2, -0.15) is 0 Å². The van der Waals surface area contributed by atoms with Crippen molar-refractivity contribution in [3.8, 4) is 11.5 Å². The standard InChI is InChI=1S/C12H16ClNO2/c1-7-10(15-2)8(12(14)4-5-12)6-9(13)11(7)16-3/h6H,4-5,14H2,1-3H3. The number of ether oxygens (including phenoxy) is 2.